The van der Waals surface area contributed by atoms with Crippen molar-refractivity contribution in [1.29, 1.82) is 0 Å². The molecule has 1 aliphatic rings. The molecule has 0 spiro atoms. The first-order valence-corrected chi connectivity index (χ1v) is 9.83. The van der Waals surface area contributed by atoms with Gasteiger partial charge >= 0.3 is 0 Å². The van der Waals surface area contributed by atoms with Gasteiger partial charge in [0.2, 0.25) is 5.91 Å². The number of hydrogen-bond acceptors (Lipinski definition) is 5. The van der Waals surface area contributed by atoms with Crippen LogP contribution in [0.2, 0.25) is 10.0 Å². The average molecular weight is 429 g/mol. The van der Waals surface area contributed by atoms with Gasteiger partial charge in [0.1, 0.15) is 17.9 Å². The van der Waals surface area contributed by atoms with Crippen LogP contribution in [-0.4, -0.2) is 52.1 Å². The molecule has 0 atom stereocenters. The zero-order chi connectivity index (χ0) is 20.5. The van der Waals surface area contributed by atoms with Crippen LogP contribution in [0.1, 0.15) is 0 Å². The fraction of sp³-hybridized carbons (Fsp3) is 0.190. The molecule has 0 aliphatic carbocycles. The molecule has 1 amide bonds. The van der Waals surface area contributed by atoms with Gasteiger partial charge in [-0.3, -0.25) is 4.79 Å². The Hall–Kier alpha value is -2.83. The van der Waals surface area contributed by atoms with Gasteiger partial charge in [-0.05, 0) is 36.4 Å². The fourth-order valence-corrected chi connectivity index (χ4v) is 3.95. The molecule has 148 valence electrons. The van der Waals surface area contributed by atoms with Crippen LogP contribution in [0.15, 0.2) is 49.3 Å². The number of rotatable bonds is 3. The van der Waals surface area contributed by atoms with E-state index >= 15 is 0 Å². The molecule has 1 fully saturated rings. The Labute approximate surface area is 178 Å². The molecular weight excluding hydrogens is 411 g/mol. The number of carbonyl (C=O) groups excluding carboxylic acids is 1. The van der Waals surface area contributed by atoms with Gasteiger partial charge in [-0.2, -0.15) is 0 Å². The van der Waals surface area contributed by atoms with E-state index in [0.29, 0.717) is 52.9 Å². The number of hydrogen-bond donors (Lipinski definition) is 1. The number of phenols is 1. The first-order valence-electron chi connectivity index (χ1n) is 9.07. The van der Waals surface area contributed by atoms with E-state index in [4.69, 9.17) is 23.2 Å². The average Bonchev–Trinajstić information content (AvgIpc) is 2.73. The Morgan fingerprint density at radius 2 is 1.83 bits per heavy atom. The minimum absolute atomic E-state index is 0.0519. The van der Waals surface area contributed by atoms with Crippen LogP contribution < -0.4 is 4.90 Å². The van der Waals surface area contributed by atoms with E-state index in [2.05, 4.69) is 21.4 Å². The number of piperazine rings is 1. The third-order valence-corrected chi connectivity index (χ3v) is 5.57. The Bertz CT molecular complexity index is 1110. The highest BCUT2D eigenvalue weighted by atomic mass is 35.5. The molecule has 6 nitrogen and oxygen atoms in total. The second kappa shape index (κ2) is 7.89. The lowest BCUT2D eigenvalue weighted by Crippen LogP contribution is -2.48. The number of phenolic OH excluding ortho intramolecular Hbond substituents is 1. The highest BCUT2D eigenvalue weighted by Crippen LogP contribution is 2.39. The van der Waals surface area contributed by atoms with Gasteiger partial charge < -0.3 is 14.9 Å². The van der Waals surface area contributed by atoms with Gasteiger partial charge in [0.15, 0.2) is 0 Å². The Kier molecular flexibility index (Phi) is 5.30. The summed E-state index contributed by atoms with van der Waals surface area (Å²) in [6, 6.07) is 8.56. The molecule has 0 saturated carbocycles. The molecule has 0 bridgehead atoms. The minimum Gasteiger partial charge on any atom is -0.507 e. The molecular formula is C21H18Cl2N4O2. The van der Waals surface area contributed by atoms with E-state index in [1.54, 1.807) is 17.0 Å². The van der Waals surface area contributed by atoms with Crippen LogP contribution in [0.25, 0.3) is 22.0 Å². The summed E-state index contributed by atoms with van der Waals surface area (Å²) < 4.78 is 0. The number of aromatic hydroxyl groups is 1. The fourth-order valence-electron chi connectivity index (χ4n) is 3.52. The quantitative estimate of drug-likeness (QED) is 0.634. The third-order valence-electron chi connectivity index (χ3n) is 5.02. The molecule has 0 unspecified atom stereocenters. The van der Waals surface area contributed by atoms with E-state index in [1.807, 2.05) is 12.1 Å². The molecule has 1 aliphatic heterocycles. The summed E-state index contributed by atoms with van der Waals surface area (Å²) in [5.41, 5.74) is 1.96. The van der Waals surface area contributed by atoms with Crippen molar-refractivity contribution < 1.29 is 9.90 Å². The number of aromatic nitrogens is 2. The van der Waals surface area contributed by atoms with E-state index in [-0.39, 0.29) is 11.7 Å². The Balaban J connectivity index is 1.70. The van der Waals surface area contributed by atoms with E-state index in [1.165, 1.54) is 18.5 Å². The molecule has 8 heteroatoms. The summed E-state index contributed by atoms with van der Waals surface area (Å²) in [6.45, 7) is 6.05. The summed E-state index contributed by atoms with van der Waals surface area (Å²) in [5, 5.41) is 12.0. The van der Waals surface area contributed by atoms with Gasteiger partial charge in [0.05, 0.1) is 5.52 Å². The van der Waals surface area contributed by atoms with Crippen LogP contribution in [0, 0.1) is 0 Å². The van der Waals surface area contributed by atoms with Crippen molar-refractivity contribution in [3.05, 3.63) is 59.4 Å². The lowest BCUT2D eigenvalue weighted by atomic mass is 10.0. The SMILES string of the molecule is C=CC(=O)N1CCN(c2ncnc3cc(-c4ccc(Cl)cc4O)c(Cl)cc23)CC1. The Morgan fingerprint density at radius 3 is 2.52 bits per heavy atom. The van der Waals surface area contributed by atoms with Crippen molar-refractivity contribution in [3.8, 4) is 16.9 Å². The van der Waals surface area contributed by atoms with E-state index in [0.717, 1.165) is 11.2 Å². The zero-order valence-corrected chi connectivity index (χ0v) is 17.0. The van der Waals surface area contributed by atoms with E-state index in [9.17, 15) is 9.90 Å². The van der Waals surface area contributed by atoms with Crippen LogP contribution in [0.3, 0.4) is 0 Å². The predicted molar refractivity (Wildman–Crippen MR) is 116 cm³/mol. The van der Waals surface area contributed by atoms with Crippen molar-refractivity contribution in [3.63, 3.8) is 0 Å². The van der Waals surface area contributed by atoms with Gasteiger partial charge in [-0.15, -0.1) is 0 Å². The molecule has 3 aromatic rings. The summed E-state index contributed by atoms with van der Waals surface area (Å²) >= 11 is 12.5. The highest BCUT2D eigenvalue weighted by molar-refractivity contribution is 6.34. The molecule has 0 radical (unpaired) electrons. The smallest absolute Gasteiger partial charge is 0.246 e. The number of anilines is 1. The Morgan fingerprint density at radius 1 is 1.07 bits per heavy atom. The maximum Gasteiger partial charge on any atom is 0.246 e. The molecule has 2 heterocycles. The van der Waals surface area contributed by atoms with Crippen molar-refractivity contribution >= 4 is 45.8 Å². The topological polar surface area (TPSA) is 69.6 Å². The summed E-state index contributed by atoms with van der Waals surface area (Å²) in [5.74, 6) is 0.762. The number of fused-ring (bicyclic) bond motifs is 1. The van der Waals surface area contributed by atoms with E-state index < -0.39 is 0 Å². The molecule has 4 rings (SSSR count). The minimum atomic E-state index is -0.0624. The lowest BCUT2D eigenvalue weighted by Gasteiger charge is -2.35. The maximum absolute atomic E-state index is 11.8. The second-order valence-electron chi connectivity index (χ2n) is 6.72. The summed E-state index contributed by atoms with van der Waals surface area (Å²) in [7, 11) is 0. The third kappa shape index (κ3) is 3.73. The number of benzene rings is 2. The van der Waals surface area contributed by atoms with Crippen LogP contribution in [0.4, 0.5) is 5.82 Å². The number of halogens is 2. The molecule has 1 saturated heterocycles. The first-order chi connectivity index (χ1) is 14.0. The van der Waals surface area contributed by atoms with Crippen molar-refractivity contribution in [2.45, 2.75) is 0 Å². The molecule has 2 aromatic carbocycles. The van der Waals surface area contributed by atoms with Crippen LogP contribution >= 0.6 is 23.2 Å². The number of carbonyl (C=O) groups is 1. The maximum atomic E-state index is 11.8. The summed E-state index contributed by atoms with van der Waals surface area (Å²) in [4.78, 5) is 24.5. The number of amides is 1. The number of nitrogens with zero attached hydrogens (tertiary/aromatic N) is 4. The largest absolute Gasteiger partial charge is 0.507 e. The zero-order valence-electron chi connectivity index (χ0n) is 15.5. The summed E-state index contributed by atoms with van der Waals surface area (Å²) in [6.07, 6.45) is 2.85. The van der Waals surface area contributed by atoms with Crippen molar-refractivity contribution in [2.75, 3.05) is 31.1 Å². The van der Waals surface area contributed by atoms with Gasteiger partial charge in [-0.25, -0.2) is 9.97 Å². The van der Waals surface area contributed by atoms with Crippen molar-refractivity contribution in [2.24, 2.45) is 0 Å². The molecule has 1 aromatic heterocycles. The lowest BCUT2D eigenvalue weighted by molar-refractivity contribution is -0.126. The molecule has 1 N–H and O–H groups in total. The van der Waals surface area contributed by atoms with Gasteiger partial charge in [0, 0.05) is 52.7 Å². The normalized spacial score (nSPS) is 14.3. The van der Waals surface area contributed by atoms with Gasteiger partial charge in [0.25, 0.3) is 0 Å². The predicted octanol–water partition coefficient (Wildman–Crippen LogP) is 4.14. The van der Waals surface area contributed by atoms with Crippen molar-refractivity contribution in [1.82, 2.24) is 14.9 Å². The second-order valence-corrected chi connectivity index (χ2v) is 7.57. The first kappa shape index (κ1) is 19.5. The van der Waals surface area contributed by atoms with Crippen LogP contribution in [-0.2, 0) is 4.79 Å². The van der Waals surface area contributed by atoms with Gasteiger partial charge in [-0.1, -0.05) is 29.8 Å². The highest BCUT2D eigenvalue weighted by Gasteiger charge is 2.22. The molecule has 29 heavy (non-hydrogen) atoms. The van der Waals surface area contributed by atoms with Crippen LogP contribution in [0.5, 0.6) is 5.75 Å². The standard InChI is InChI=1S/C21H18Cl2N4O2/c1-2-20(29)26-5-7-27(8-6-26)21-16-10-17(23)15(11-18(16)24-12-25-21)14-4-3-13(22)9-19(14)28/h2-4,9-12,28H,1,5-8H2. The monoisotopic (exact) mass is 428 g/mol.